The minimum atomic E-state index is 0.486. The Morgan fingerprint density at radius 3 is 2.40 bits per heavy atom. The van der Waals surface area contributed by atoms with Gasteiger partial charge in [0, 0.05) is 0 Å². The monoisotopic (exact) mass is 268 g/mol. The minimum Gasteiger partial charge on any atom is -0.488 e. The van der Waals surface area contributed by atoms with Gasteiger partial charge >= 0.3 is 0 Å². The van der Waals surface area contributed by atoms with Gasteiger partial charge in [0.15, 0.2) is 0 Å². The Kier molecular flexibility index (Phi) is 3.54. The van der Waals surface area contributed by atoms with Gasteiger partial charge in [-0.1, -0.05) is 24.3 Å². The molecule has 0 saturated heterocycles. The standard InChI is InChI=1S/C16H16N2O2/c1-12-17-13-6-2-4-8-15(13)19-10-11-20-16-9-5-3-7-14(16)18-12/h2-9H,10-11H2,1H3,(H,17,18). The van der Waals surface area contributed by atoms with Crippen LogP contribution in [0, 0.1) is 0 Å². The molecule has 0 aromatic heterocycles. The summed E-state index contributed by atoms with van der Waals surface area (Å²) in [5.41, 5.74) is 1.73. The molecule has 0 fully saturated rings. The molecule has 3 rings (SSSR count). The number of fused-ring (bicyclic) bond motifs is 2. The highest BCUT2D eigenvalue weighted by molar-refractivity contribution is 5.96. The largest absolute Gasteiger partial charge is 0.488 e. The fraction of sp³-hybridized carbons (Fsp3) is 0.188. The van der Waals surface area contributed by atoms with Crippen molar-refractivity contribution in [3.8, 4) is 11.5 Å². The van der Waals surface area contributed by atoms with Crippen LogP contribution in [-0.4, -0.2) is 19.0 Å². The van der Waals surface area contributed by atoms with Gasteiger partial charge in [-0.05, 0) is 31.2 Å². The fourth-order valence-electron chi connectivity index (χ4n) is 2.07. The maximum atomic E-state index is 5.74. The summed E-state index contributed by atoms with van der Waals surface area (Å²) in [5.74, 6) is 2.36. The summed E-state index contributed by atoms with van der Waals surface area (Å²) in [6.07, 6.45) is 0. The van der Waals surface area contributed by atoms with Gasteiger partial charge in [-0.25, -0.2) is 4.99 Å². The molecule has 0 spiro atoms. The van der Waals surface area contributed by atoms with Crippen LogP contribution in [0.15, 0.2) is 53.5 Å². The lowest BCUT2D eigenvalue weighted by molar-refractivity contribution is 0.218. The van der Waals surface area contributed by atoms with Crippen LogP contribution in [0.5, 0.6) is 11.5 Å². The third kappa shape index (κ3) is 2.74. The second-order valence-electron chi connectivity index (χ2n) is 4.48. The number of ether oxygens (including phenoxy) is 2. The van der Waals surface area contributed by atoms with Gasteiger partial charge < -0.3 is 14.8 Å². The van der Waals surface area contributed by atoms with Crippen LogP contribution in [0.4, 0.5) is 11.4 Å². The van der Waals surface area contributed by atoms with Crippen molar-refractivity contribution < 1.29 is 9.47 Å². The molecule has 2 aromatic rings. The topological polar surface area (TPSA) is 42.9 Å². The first-order chi connectivity index (χ1) is 9.83. The smallest absolute Gasteiger partial charge is 0.145 e. The lowest BCUT2D eigenvalue weighted by Gasteiger charge is -2.11. The van der Waals surface area contributed by atoms with Crippen LogP contribution in [0.25, 0.3) is 0 Å². The molecule has 20 heavy (non-hydrogen) atoms. The maximum Gasteiger partial charge on any atom is 0.145 e. The minimum absolute atomic E-state index is 0.486. The molecule has 0 bridgehead atoms. The predicted octanol–water partition coefficient (Wildman–Crippen LogP) is 3.62. The highest BCUT2D eigenvalue weighted by atomic mass is 16.5. The zero-order chi connectivity index (χ0) is 13.8. The summed E-state index contributed by atoms with van der Waals surface area (Å²) in [6.45, 7) is 2.90. The zero-order valence-corrected chi connectivity index (χ0v) is 11.3. The number of aliphatic imine (C=N–C) groups is 1. The number of amidine groups is 1. The molecule has 4 nitrogen and oxygen atoms in total. The average molecular weight is 268 g/mol. The number of para-hydroxylation sites is 4. The van der Waals surface area contributed by atoms with Crippen LogP contribution in [0.2, 0.25) is 0 Å². The van der Waals surface area contributed by atoms with E-state index in [-0.39, 0.29) is 0 Å². The van der Waals surface area contributed by atoms with E-state index in [9.17, 15) is 0 Å². The quantitative estimate of drug-likeness (QED) is 0.793. The van der Waals surface area contributed by atoms with Crippen molar-refractivity contribution in [1.82, 2.24) is 0 Å². The van der Waals surface area contributed by atoms with E-state index in [0.717, 1.165) is 28.7 Å². The van der Waals surface area contributed by atoms with E-state index in [4.69, 9.17) is 9.47 Å². The first-order valence-electron chi connectivity index (χ1n) is 6.59. The summed E-state index contributed by atoms with van der Waals surface area (Å²) in [7, 11) is 0. The summed E-state index contributed by atoms with van der Waals surface area (Å²) < 4.78 is 11.5. The van der Waals surface area contributed by atoms with Crippen LogP contribution in [0.1, 0.15) is 6.92 Å². The normalized spacial score (nSPS) is 16.9. The van der Waals surface area contributed by atoms with Crippen molar-refractivity contribution in [2.24, 2.45) is 4.99 Å². The molecule has 1 aliphatic rings. The van der Waals surface area contributed by atoms with Gasteiger partial charge in [-0.3, -0.25) is 0 Å². The molecule has 1 aliphatic heterocycles. The third-order valence-corrected chi connectivity index (χ3v) is 2.95. The summed E-state index contributed by atoms with van der Waals surface area (Å²) in [5, 5.41) is 3.27. The summed E-state index contributed by atoms with van der Waals surface area (Å²) >= 11 is 0. The van der Waals surface area contributed by atoms with Crippen molar-refractivity contribution >= 4 is 17.2 Å². The molecular formula is C16H16N2O2. The average Bonchev–Trinajstić information content (AvgIpc) is 2.49. The third-order valence-electron chi connectivity index (χ3n) is 2.95. The molecule has 4 heteroatoms. The van der Waals surface area contributed by atoms with E-state index >= 15 is 0 Å². The van der Waals surface area contributed by atoms with Gasteiger partial charge in [0.2, 0.25) is 0 Å². The molecule has 102 valence electrons. The Hall–Kier alpha value is -2.49. The summed E-state index contributed by atoms with van der Waals surface area (Å²) in [4.78, 5) is 4.57. The number of hydrogen-bond acceptors (Lipinski definition) is 4. The lowest BCUT2D eigenvalue weighted by atomic mass is 10.3. The molecule has 0 unspecified atom stereocenters. The number of nitrogens with one attached hydrogen (secondary N) is 1. The maximum absolute atomic E-state index is 5.74. The molecule has 0 atom stereocenters. The molecule has 0 saturated carbocycles. The van der Waals surface area contributed by atoms with Crippen molar-refractivity contribution in [3.63, 3.8) is 0 Å². The fourth-order valence-corrected chi connectivity index (χ4v) is 2.07. The molecule has 0 radical (unpaired) electrons. The van der Waals surface area contributed by atoms with Gasteiger partial charge in [0.25, 0.3) is 0 Å². The molecule has 1 heterocycles. The molecule has 0 aliphatic carbocycles. The second kappa shape index (κ2) is 5.65. The van der Waals surface area contributed by atoms with Gasteiger partial charge in [0.05, 0.1) is 5.69 Å². The van der Waals surface area contributed by atoms with E-state index in [1.54, 1.807) is 0 Å². The number of benzene rings is 2. The highest BCUT2D eigenvalue weighted by Crippen LogP contribution is 2.29. The van der Waals surface area contributed by atoms with Crippen LogP contribution < -0.4 is 14.8 Å². The SMILES string of the molecule is C/C1=N\c2ccccc2OCCOc2ccccc2N1. The lowest BCUT2D eigenvalue weighted by Crippen LogP contribution is -2.10. The summed E-state index contributed by atoms with van der Waals surface area (Å²) in [6, 6.07) is 15.5. The first kappa shape index (κ1) is 12.5. The van der Waals surface area contributed by atoms with Crippen molar-refractivity contribution in [1.29, 1.82) is 0 Å². The van der Waals surface area contributed by atoms with Gasteiger partial charge in [-0.2, -0.15) is 0 Å². The first-order valence-corrected chi connectivity index (χ1v) is 6.59. The van der Waals surface area contributed by atoms with Crippen LogP contribution >= 0.6 is 0 Å². The molecule has 0 amide bonds. The van der Waals surface area contributed by atoms with E-state index < -0.39 is 0 Å². The van der Waals surface area contributed by atoms with E-state index in [1.807, 2.05) is 55.5 Å². The van der Waals surface area contributed by atoms with Gasteiger partial charge in [0.1, 0.15) is 36.2 Å². The Labute approximate surface area is 118 Å². The molecular weight excluding hydrogens is 252 g/mol. The van der Waals surface area contributed by atoms with Crippen LogP contribution in [-0.2, 0) is 0 Å². The number of anilines is 1. The predicted molar refractivity (Wildman–Crippen MR) is 80.3 cm³/mol. The molecule has 2 aromatic carbocycles. The highest BCUT2D eigenvalue weighted by Gasteiger charge is 2.08. The van der Waals surface area contributed by atoms with Crippen molar-refractivity contribution in [3.05, 3.63) is 48.5 Å². The number of rotatable bonds is 0. The van der Waals surface area contributed by atoms with E-state index in [0.29, 0.717) is 13.2 Å². The van der Waals surface area contributed by atoms with E-state index in [1.165, 1.54) is 0 Å². The number of hydrogen-bond donors (Lipinski definition) is 1. The Morgan fingerprint density at radius 2 is 1.55 bits per heavy atom. The molecule has 1 N–H and O–H groups in total. The van der Waals surface area contributed by atoms with Crippen molar-refractivity contribution in [2.75, 3.05) is 18.5 Å². The van der Waals surface area contributed by atoms with Crippen molar-refractivity contribution in [2.45, 2.75) is 6.92 Å². The Morgan fingerprint density at radius 1 is 0.900 bits per heavy atom. The van der Waals surface area contributed by atoms with Crippen LogP contribution in [0.3, 0.4) is 0 Å². The van der Waals surface area contributed by atoms with E-state index in [2.05, 4.69) is 10.3 Å². The van der Waals surface area contributed by atoms with Gasteiger partial charge in [-0.15, -0.1) is 0 Å². The zero-order valence-electron chi connectivity index (χ0n) is 11.3. The number of nitrogens with zero attached hydrogens (tertiary/aromatic N) is 1. The second-order valence-corrected chi connectivity index (χ2v) is 4.48. The Balaban J connectivity index is 1.98. The Bertz CT molecular complexity index is 638.